The SMILES string of the molecule is C=CCO[C@@H]1CC[C@@]2(C)C(=CC[C@H]3[C@@H]4CCC[C@@]4(C)CC[C@@H]32)C1. The summed E-state index contributed by atoms with van der Waals surface area (Å²) in [6, 6.07) is 0. The first-order valence-corrected chi connectivity index (χ1v) is 9.99. The van der Waals surface area contributed by atoms with Crippen LogP contribution in [0.4, 0.5) is 0 Å². The monoisotopic (exact) mass is 314 g/mol. The lowest BCUT2D eigenvalue weighted by molar-refractivity contribution is -0.0442. The standard InChI is InChI=1S/C22H34O/c1-4-14-23-17-9-13-22(3)16(15-17)7-8-18-19-6-5-11-21(19,2)12-10-20(18)22/h4,7,17-20H,1,5-6,8-15H2,2-3H3/t17-,18+,19+,20+,21+,22+/m1/s1. The zero-order chi connectivity index (χ0) is 16.1. The highest BCUT2D eigenvalue weighted by Crippen LogP contribution is 2.64. The predicted molar refractivity (Wildman–Crippen MR) is 96.3 cm³/mol. The van der Waals surface area contributed by atoms with Gasteiger partial charge in [0.15, 0.2) is 0 Å². The molecule has 0 radical (unpaired) electrons. The first-order chi connectivity index (χ1) is 11.1. The van der Waals surface area contributed by atoms with Crippen LogP contribution in [0.3, 0.4) is 0 Å². The zero-order valence-corrected chi connectivity index (χ0v) is 15.2. The molecular weight excluding hydrogens is 280 g/mol. The molecule has 0 N–H and O–H groups in total. The molecule has 1 nitrogen and oxygen atoms in total. The number of ether oxygens (including phenoxy) is 1. The molecule has 0 aromatic heterocycles. The third kappa shape index (κ3) is 2.46. The van der Waals surface area contributed by atoms with Crippen LogP contribution in [0.15, 0.2) is 24.3 Å². The van der Waals surface area contributed by atoms with Crippen molar-refractivity contribution in [3.63, 3.8) is 0 Å². The van der Waals surface area contributed by atoms with Crippen molar-refractivity contribution in [2.45, 2.75) is 77.7 Å². The summed E-state index contributed by atoms with van der Waals surface area (Å²) >= 11 is 0. The fraction of sp³-hybridized carbons (Fsp3) is 0.818. The summed E-state index contributed by atoms with van der Waals surface area (Å²) in [6.07, 6.45) is 17.5. The van der Waals surface area contributed by atoms with Gasteiger partial charge in [0.25, 0.3) is 0 Å². The number of allylic oxidation sites excluding steroid dienone is 1. The van der Waals surface area contributed by atoms with Crippen LogP contribution in [0.25, 0.3) is 0 Å². The Bertz CT molecular complexity index is 506. The van der Waals surface area contributed by atoms with Gasteiger partial charge in [-0.05, 0) is 80.0 Å². The Kier molecular flexibility index (Phi) is 3.99. The van der Waals surface area contributed by atoms with Crippen LogP contribution < -0.4 is 0 Å². The van der Waals surface area contributed by atoms with Gasteiger partial charge < -0.3 is 4.74 Å². The van der Waals surface area contributed by atoms with Gasteiger partial charge in [-0.15, -0.1) is 6.58 Å². The van der Waals surface area contributed by atoms with E-state index in [0.29, 0.717) is 23.5 Å². The van der Waals surface area contributed by atoms with Gasteiger partial charge in [0.05, 0.1) is 12.7 Å². The van der Waals surface area contributed by atoms with Gasteiger partial charge >= 0.3 is 0 Å². The lowest BCUT2D eigenvalue weighted by Crippen LogP contribution is -2.49. The van der Waals surface area contributed by atoms with Crippen molar-refractivity contribution >= 4 is 0 Å². The first-order valence-electron chi connectivity index (χ1n) is 9.99. The summed E-state index contributed by atoms with van der Waals surface area (Å²) in [4.78, 5) is 0. The molecule has 0 amide bonds. The second-order valence-corrected chi connectivity index (χ2v) is 9.33. The minimum Gasteiger partial charge on any atom is -0.374 e. The highest BCUT2D eigenvalue weighted by Gasteiger charge is 2.55. The van der Waals surface area contributed by atoms with Gasteiger partial charge in [-0.2, -0.15) is 0 Å². The molecule has 1 heteroatoms. The second-order valence-electron chi connectivity index (χ2n) is 9.33. The Hall–Kier alpha value is -0.560. The Labute approximate surface area is 142 Å². The van der Waals surface area contributed by atoms with Crippen LogP contribution in [0.2, 0.25) is 0 Å². The van der Waals surface area contributed by atoms with Gasteiger partial charge in [-0.25, -0.2) is 0 Å². The van der Waals surface area contributed by atoms with Crippen molar-refractivity contribution < 1.29 is 4.74 Å². The average Bonchev–Trinajstić information content (AvgIpc) is 2.94. The molecule has 0 spiro atoms. The van der Waals surface area contributed by atoms with Crippen LogP contribution in [0.1, 0.15) is 71.6 Å². The Morgan fingerprint density at radius 2 is 2.04 bits per heavy atom. The van der Waals surface area contributed by atoms with Crippen molar-refractivity contribution in [1.29, 1.82) is 0 Å². The maximum atomic E-state index is 5.99. The number of hydrogen-bond donors (Lipinski definition) is 0. The van der Waals surface area contributed by atoms with Crippen molar-refractivity contribution in [3.8, 4) is 0 Å². The Balaban J connectivity index is 1.56. The average molecular weight is 315 g/mol. The van der Waals surface area contributed by atoms with Crippen LogP contribution in [-0.4, -0.2) is 12.7 Å². The largest absolute Gasteiger partial charge is 0.374 e. The molecule has 23 heavy (non-hydrogen) atoms. The van der Waals surface area contributed by atoms with Crippen molar-refractivity contribution in [1.82, 2.24) is 0 Å². The molecular formula is C22H34O. The van der Waals surface area contributed by atoms with Gasteiger partial charge in [0, 0.05) is 0 Å². The Morgan fingerprint density at radius 3 is 2.87 bits per heavy atom. The smallest absolute Gasteiger partial charge is 0.0648 e. The highest BCUT2D eigenvalue weighted by atomic mass is 16.5. The molecule has 0 heterocycles. The minimum atomic E-state index is 0.434. The van der Waals surface area contributed by atoms with Gasteiger partial charge in [0.2, 0.25) is 0 Å². The van der Waals surface area contributed by atoms with E-state index in [0.717, 1.165) is 17.8 Å². The third-order valence-electron chi connectivity index (χ3n) is 8.29. The van der Waals surface area contributed by atoms with Crippen molar-refractivity contribution in [3.05, 3.63) is 24.3 Å². The van der Waals surface area contributed by atoms with Crippen LogP contribution in [-0.2, 0) is 4.74 Å². The summed E-state index contributed by atoms with van der Waals surface area (Å²) in [5.41, 5.74) is 2.88. The van der Waals surface area contributed by atoms with E-state index in [1.165, 1.54) is 57.8 Å². The lowest BCUT2D eigenvalue weighted by Gasteiger charge is -2.57. The normalized spacial score (nSPS) is 48.9. The van der Waals surface area contributed by atoms with Crippen LogP contribution in [0, 0.1) is 28.6 Å². The molecule has 128 valence electrons. The van der Waals surface area contributed by atoms with E-state index in [9.17, 15) is 0 Å². The molecule has 0 aliphatic heterocycles. The molecule has 4 rings (SSSR count). The molecule has 6 atom stereocenters. The third-order valence-corrected chi connectivity index (χ3v) is 8.29. The molecule has 4 aliphatic carbocycles. The molecule has 3 fully saturated rings. The Morgan fingerprint density at radius 1 is 1.17 bits per heavy atom. The number of hydrogen-bond acceptors (Lipinski definition) is 1. The lowest BCUT2D eigenvalue weighted by atomic mass is 9.48. The van der Waals surface area contributed by atoms with Crippen LogP contribution in [0.5, 0.6) is 0 Å². The molecule has 0 saturated heterocycles. The van der Waals surface area contributed by atoms with Crippen molar-refractivity contribution in [2.75, 3.05) is 6.61 Å². The molecule has 0 aromatic carbocycles. The quantitative estimate of drug-likeness (QED) is 0.588. The minimum absolute atomic E-state index is 0.434. The molecule has 4 aliphatic rings. The zero-order valence-electron chi connectivity index (χ0n) is 15.2. The maximum Gasteiger partial charge on any atom is 0.0648 e. The van der Waals surface area contributed by atoms with Gasteiger partial charge in [0.1, 0.15) is 0 Å². The highest BCUT2D eigenvalue weighted by molar-refractivity contribution is 5.25. The van der Waals surface area contributed by atoms with E-state index < -0.39 is 0 Å². The van der Waals surface area contributed by atoms with E-state index in [1.807, 2.05) is 6.08 Å². The fourth-order valence-electron chi connectivity index (χ4n) is 6.97. The summed E-state index contributed by atoms with van der Waals surface area (Å²) in [5, 5.41) is 0. The second kappa shape index (κ2) is 5.76. The first kappa shape index (κ1) is 15.9. The van der Waals surface area contributed by atoms with E-state index in [2.05, 4.69) is 26.5 Å². The number of rotatable bonds is 3. The van der Waals surface area contributed by atoms with E-state index in [4.69, 9.17) is 4.74 Å². The fourth-order valence-corrected chi connectivity index (χ4v) is 6.97. The van der Waals surface area contributed by atoms with E-state index in [-0.39, 0.29) is 0 Å². The topological polar surface area (TPSA) is 9.23 Å². The summed E-state index contributed by atoms with van der Waals surface area (Å²) in [6.45, 7) is 9.70. The van der Waals surface area contributed by atoms with E-state index >= 15 is 0 Å². The van der Waals surface area contributed by atoms with Crippen LogP contribution >= 0.6 is 0 Å². The van der Waals surface area contributed by atoms with Gasteiger partial charge in [-0.3, -0.25) is 0 Å². The molecule has 0 unspecified atom stereocenters. The summed E-state index contributed by atoms with van der Waals surface area (Å²) in [5.74, 6) is 2.92. The maximum absolute atomic E-state index is 5.99. The molecule has 3 saturated carbocycles. The van der Waals surface area contributed by atoms with Crippen molar-refractivity contribution in [2.24, 2.45) is 28.6 Å². The molecule has 0 bridgehead atoms. The number of fused-ring (bicyclic) bond motifs is 5. The van der Waals surface area contributed by atoms with E-state index in [1.54, 1.807) is 5.57 Å². The molecule has 0 aromatic rings. The summed E-state index contributed by atoms with van der Waals surface area (Å²) < 4.78 is 5.99. The van der Waals surface area contributed by atoms with Gasteiger partial charge in [-0.1, -0.05) is 38.0 Å². The summed E-state index contributed by atoms with van der Waals surface area (Å²) in [7, 11) is 0. The predicted octanol–water partition coefficient (Wildman–Crippen LogP) is 5.91.